The zero-order valence-corrected chi connectivity index (χ0v) is 12.2. The Morgan fingerprint density at radius 1 is 1.25 bits per heavy atom. The minimum atomic E-state index is -0.0761. The monoisotopic (exact) mass is 304 g/mol. The zero-order chi connectivity index (χ0) is 13.9. The maximum absolute atomic E-state index is 5.85. The Morgan fingerprint density at radius 2 is 2.10 bits per heavy atom. The van der Waals surface area contributed by atoms with Crippen LogP contribution in [0.5, 0.6) is 0 Å². The highest BCUT2D eigenvalue weighted by atomic mass is 35.5. The quantitative estimate of drug-likeness (QED) is 0.574. The average molecular weight is 305 g/mol. The van der Waals surface area contributed by atoms with E-state index in [0.717, 1.165) is 16.2 Å². The summed E-state index contributed by atoms with van der Waals surface area (Å²) in [6, 6.07) is 11.7. The second-order valence-electron chi connectivity index (χ2n) is 4.40. The maximum Gasteiger partial charge on any atom is 0.0958 e. The number of para-hydroxylation sites is 1. The molecule has 0 saturated heterocycles. The smallest absolute Gasteiger partial charge is 0.0958 e. The van der Waals surface area contributed by atoms with Crippen LogP contribution < -0.4 is 11.3 Å². The Labute approximate surface area is 125 Å². The third-order valence-electron chi connectivity index (χ3n) is 3.03. The number of nitrogens with one attached hydrogen (secondary N) is 1. The van der Waals surface area contributed by atoms with Gasteiger partial charge in [-0.3, -0.25) is 16.3 Å². The van der Waals surface area contributed by atoms with Gasteiger partial charge in [-0.05, 0) is 24.3 Å². The van der Waals surface area contributed by atoms with Crippen LogP contribution >= 0.6 is 22.9 Å². The van der Waals surface area contributed by atoms with Gasteiger partial charge in [0, 0.05) is 12.6 Å². The number of benzene rings is 1. The first kappa shape index (κ1) is 13.5. The molecule has 0 bridgehead atoms. The average Bonchev–Trinajstić information content (AvgIpc) is 2.88. The largest absolute Gasteiger partial charge is 0.271 e. The Hall–Kier alpha value is -1.53. The number of pyridine rings is 1. The standard InChI is InChI=1S/C14H13ClN4S/c15-9-5-6-10(17-8-9)12(19-16)7-14-18-11-3-1-2-4-13(11)20-14/h1-6,8,12,19H,7,16H2. The third kappa shape index (κ3) is 2.81. The first-order chi connectivity index (χ1) is 9.76. The molecule has 6 heteroatoms. The molecule has 3 rings (SSSR count). The summed E-state index contributed by atoms with van der Waals surface area (Å²) in [6.45, 7) is 0. The number of thiazole rings is 1. The van der Waals surface area contributed by atoms with Gasteiger partial charge in [0.2, 0.25) is 0 Å². The van der Waals surface area contributed by atoms with Crippen molar-refractivity contribution in [3.63, 3.8) is 0 Å². The van der Waals surface area contributed by atoms with Crippen LogP contribution in [0.25, 0.3) is 10.2 Å². The molecule has 0 fully saturated rings. The minimum absolute atomic E-state index is 0.0761. The highest BCUT2D eigenvalue weighted by Crippen LogP contribution is 2.25. The van der Waals surface area contributed by atoms with Crippen LogP contribution in [0.2, 0.25) is 5.02 Å². The predicted molar refractivity (Wildman–Crippen MR) is 82.6 cm³/mol. The normalized spacial score (nSPS) is 12.7. The molecule has 1 aromatic carbocycles. The van der Waals surface area contributed by atoms with Gasteiger partial charge in [0.1, 0.15) is 0 Å². The van der Waals surface area contributed by atoms with Crippen LogP contribution in [-0.4, -0.2) is 9.97 Å². The number of halogens is 1. The zero-order valence-electron chi connectivity index (χ0n) is 10.6. The van der Waals surface area contributed by atoms with Gasteiger partial charge in [-0.2, -0.15) is 0 Å². The molecule has 0 aliphatic carbocycles. The molecule has 1 atom stereocenters. The summed E-state index contributed by atoms with van der Waals surface area (Å²) >= 11 is 7.53. The maximum atomic E-state index is 5.85. The fourth-order valence-electron chi connectivity index (χ4n) is 2.02. The van der Waals surface area contributed by atoms with Gasteiger partial charge >= 0.3 is 0 Å². The Morgan fingerprint density at radius 3 is 2.80 bits per heavy atom. The number of rotatable bonds is 4. The lowest BCUT2D eigenvalue weighted by atomic mass is 10.1. The molecule has 102 valence electrons. The van der Waals surface area contributed by atoms with Gasteiger partial charge < -0.3 is 0 Å². The molecule has 0 aliphatic heterocycles. The van der Waals surface area contributed by atoms with Crippen molar-refractivity contribution in [2.24, 2.45) is 5.84 Å². The lowest BCUT2D eigenvalue weighted by Gasteiger charge is -2.13. The predicted octanol–water partition coefficient (Wildman–Crippen LogP) is 3.09. The summed E-state index contributed by atoms with van der Waals surface area (Å²) in [4.78, 5) is 8.91. The molecule has 0 amide bonds. The Kier molecular flexibility index (Phi) is 3.93. The molecule has 2 heterocycles. The molecule has 0 aliphatic rings. The fourth-order valence-corrected chi connectivity index (χ4v) is 3.15. The van der Waals surface area contributed by atoms with Crippen molar-refractivity contribution in [3.8, 4) is 0 Å². The molecule has 4 nitrogen and oxygen atoms in total. The molecule has 3 N–H and O–H groups in total. The van der Waals surface area contributed by atoms with Crippen molar-refractivity contribution in [3.05, 3.63) is 58.3 Å². The van der Waals surface area contributed by atoms with Crippen molar-refractivity contribution < 1.29 is 0 Å². The van der Waals surface area contributed by atoms with Crippen molar-refractivity contribution >= 4 is 33.2 Å². The number of nitrogens with zero attached hydrogens (tertiary/aromatic N) is 2. The van der Waals surface area contributed by atoms with E-state index < -0.39 is 0 Å². The highest BCUT2D eigenvalue weighted by Gasteiger charge is 2.14. The molecule has 0 spiro atoms. The third-order valence-corrected chi connectivity index (χ3v) is 4.31. The summed E-state index contributed by atoms with van der Waals surface area (Å²) in [5, 5.41) is 1.65. The van der Waals surface area contributed by atoms with Crippen LogP contribution in [0.1, 0.15) is 16.7 Å². The van der Waals surface area contributed by atoms with Gasteiger partial charge in [0.15, 0.2) is 0 Å². The summed E-state index contributed by atoms with van der Waals surface area (Å²) in [6.07, 6.45) is 2.32. The van der Waals surface area contributed by atoms with E-state index in [1.54, 1.807) is 17.5 Å². The van der Waals surface area contributed by atoms with E-state index in [1.807, 2.05) is 30.3 Å². The van der Waals surface area contributed by atoms with Gasteiger partial charge in [-0.15, -0.1) is 11.3 Å². The topological polar surface area (TPSA) is 63.8 Å². The van der Waals surface area contributed by atoms with Gasteiger partial charge in [-0.25, -0.2) is 4.98 Å². The van der Waals surface area contributed by atoms with Crippen molar-refractivity contribution in [1.82, 2.24) is 15.4 Å². The van der Waals surface area contributed by atoms with Crippen molar-refractivity contribution in [1.29, 1.82) is 0 Å². The number of hydrogen-bond acceptors (Lipinski definition) is 5. The van der Waals surface area contributed by atoms with Gasteiger partial charge in [0.25, 0.3) is 0 Å². The second-order valence-corrected chi connectivity index (χ2v) is 5.95. The fraction of sp³-hybridized carbons (Fsp3) is 0.143. The number of fused-ring (bicyclic) bond motifs is 1. The first-order valence-electron chi connectivity index (χ1n) is 6.18. The van der Waals surface area contributed by atoms with Crippen LogP contribution in [0.3, 0.4) is 0 Å². The lowest BCUT2D eigenvalue weighted by Crippen LogP contribution is -2.30. The SMILES string of the molecule is NNC(Cc1nc2ccccc2s1)c1ccc(Cl)cn1. The van der Waals surface area contributed by atoms with Crippen LogP contribution in [0, 0.1) is 0 Å². The van der Waals surface area contributed by atoms with Crippen LogP contribution in [-0.2, 0) is 6.42 Å². The summed E-state index contributed by atoms with van der Waals surface area (Å²) in [7, 11) is 0. The summed E-state index contributed by atoms with van der Waals surface area (Å²) in [5.41, 5.74) is 4.67. The minimum Gasteiger partial charge on any atom is -0.271 e. The molecule has 0 saturated carbocycles. The molecule has 0 radical (unpaired) electrons. The molecule has 3 aromatic rings. The van der Waals surface area contributed by atoms with E-state index in [4.69, 9.17) is 17.4 Å². The lowest BCUT2D eigenvalue weighted by molar-refractivity contribution is 0.537. The van der Waals surface area contributed by atoms with Crippen molar-refractivity contribution in [2.45, 2.75) is 12.5 Å². The Balaban J connectivity index is 1.85. The van der Waals surface area contributed by atoms with E-state index in [-0.39, 0.29) is 6.04 Å². The van der Waals surface area contributed by atoms with E-state index >= 15 is 0 Å². The molecule has 20 heavy (non-hydrogen) atoms. The Bertz CT molecular complexity index is 678. The molecular weight excluding hydrogens is 292 g/mol. The number of aromatic nitrogens is 2. The van der Waals surface area contributed by atoms with Crippen LogP contribution in [0.15, 0.2) is 42.6 Å². The van der Waals surface area contributed by atoms with E-state index in [2.05, 4.69) is 21.5 Å². The van der Waals surface area contributed by atoms with Crippen molar-refractivity contribution in [2.75, 3.05) is 0 Å². The summed E-state index contributed by atoms with van der Waals surface area (Å²) < 4.78 is 1.18. The first-order valence-corrected chi connectivity index (χ1v) is 7.38. The number of hydrazine groups is 1. The second kappa shape index (κ2) is 5.85. The number of nitrogens with two attached hydrogens (primary N) is 1. The summed E-state index contributed by atoms with van der Waals surface area (Å²) in [5.74, 6) is 5.64. The van der Waals surface area contributed by atoms with E-state index in [1.165, 1.54) is 4.70 Å². The molecule has 1 unspecified atom stereocenters. The number of hydrogen-bond donors (Lipinski definition) is 2. The highest BCUT2D eigenvalue weighted by molar-refractivity contribution is 7.18. The van der Waals surface area contributed by atoms with Crippen LogP contribution in [0.4, 0.5) is 0 Å². The van der Waals surface area contributed by atoms with E-state index in [9.17, 15) is 0 Å². The van der Waals surface area contributed by atoms with Gasteiger partial charge in [-0.1, -0.05) is 23.7 Å². The molecular formula is C14H13ClN4S. The van der Waals surface area contributed by atoms with Gasteiger partial charge in [0.05, 0.1) is 32.0 Å². The molecule has 2 aromatic heterocycles. The van der Waals surface area contributed by atoms with E-state index in [0.29, 0.717) is 11.4 Å².